The fourth-order valence-electron chi connectivity index (χ4n) is 1.42. The number of aldehydes is 1. The van der Waals surface area contributed by atoms with Crippen LogP contribution in [0, 0.1) is 5.41 Å². The van der Waals surface area contributed by atoms with Crippen LogP contribution in [0.15, 0.2) is 0 Å². The van der Waals surface area contributed by atoms with Gasteiger partial charge in [0.15, 0.2) is 0 Å². The van der Waals surface area contributed by atoms with Gasteiger partial charge in [0.25, 0.3) is 6.43 Å². The minimum Gasteiger partial charge on any atom is -0.306 e. The van der Waals surface area contributed by atoms with Gasteiger partial charge >= 0.3 is 0 Å². The van der Waals surface area contributed by atoms with Gasteiger partial charge in [-0.25, -0.2) is 8.78 Å². The molecule has 0 aromatic heterocycles. The van der Waals surface area contributed by atoms with Gasteiger partial charge in [-0.3, -0.25) is 0 Å². The monoisotopic (exact) mass is 177 g/mol. The van der Waals surface area contributed by atoms with E-state index in [-0.39, 0.29) is 12.8 Å². The zero-order valence-electron chi connectivity index (χ0n) is 7.09. The molecule has 0 unspecified atom stereocenters. The van der Waals surface area contributed by atoms with Gasteiger partial charge < -0.3 is 9.69 Å². The number of carbonyl (C=O) groups is 1. The van der Waals surface area contributed by atoms with Gasteiger partial charge in [-0.15, -0.1) is 0 Å². The first-order chi connectivity index (χ1) is 5.60. The molecule has 12 heavy (non-hydrogen) atoms. The molecule has 1 saturated heterocycles. The van der Waals surface area contributed by atoms with E-state index in [1.807, 2.05) is 11.9 Å². The van der Waals surface area contributed by atoms with Gasteiger partial charge in [-0.1, -0.05) is 0 Å². The fourth-order valence-corrected chi connectivity index (χ4v) is 1.42. The summed E-state index contributed by atoms with van der Waals surface area (Å²) in [6.45, 7) is 1.17. The molecule has 0 spiro atoms. The molecular formula is C8H13F2NO. The molecule has 0 aromatic rings. The van der Waals surface area contributed by atoms with Crippen molar-refractivity contribution in [2.24, 2.45) is 5.41 Å². The Balaban J connectivity index is 2.63. The van der Waals surface area contributed by atoms with Crippen molar-refractivity contribution in [2.45, 2.75) is 19.3 Å². The molecule has 0 saturated carbocycles. The highest BCUT2D eigenvalue weighted by molar-refractivity contribution is 5.60. The van der Waals surface area contributed by atoms with Crippen molar-refractivity contribution < 1.29 is 13.6 Å². The summed E-state index contributed by atoms with van der Waals surface area (Å²) in [5.74, 6) is 0. The lowest BCUT2D eigenvalue weighted by molar-refractivity contribution is -0.130. The van der Waals surface area contributed by atoms with E-state index < -0.39 is 11.8 Å². The predicted molar refractivity (Wildman–Crippen MR) is 41.2 cm³/mol. The molecule has 1 aliphatic heterocycles. The summed E-state index contributed by atoms with van der Waals surface area (Å²) < 4.78 is 24.9. The highest BCUT2D eigenvalue weighted by Gasteiger charge is 2.41. The third kappa shape index (κ3) is 1.63. The van der Waals surface area contributed by atoms with Gasteiger partial charge in [0, 0.05) is 0 Å². The number of halogens is 2. The number of rotatable bonds is 2. The van der Waals surface area contributed by atoms with E-state index in [9.17, 15) is 13.6 Å². The van der Waals surface area contributed by atoms with Gasteiger partial charge in [-0.2, -0.15) is 0 Å². The summed E-state index contributed by atoms with van der Waals surface area (Å²) in [5.41, 5.74) is -1.35. The van der Waals surface area contributed by atoms with Crippen LogP contribution < -0.4 is 0 Å². The molecule has 70 valence electrons. The number of likely N-dealkylation sites (tertiary alicyclic amines) is 1. The molecule has 1 fully saturated rings. The molecule has 0 amide bonds. The minimum absolute atomic E-state index is 0.282. The molecule has 0 aromatic carbocycles. The van der Waals surface area contributed by atoms with Crippen LogP contribution >= 0.6 is 0 Å². The second-order valence-corrected chi connectivity index (χ2v) is 3.45. The number of hydrogen-bond acceptors (Lipinski definition) is 2. The first-order valence-corrected chi connectivity index (χ1v) is 4.04. The van der Waals surface area contributed by atoms with Crippen molar-refractivity contribution in [3.8, 4) is 0 Å². The third-order valence-electron chi connectivity index (χ3n) is 2.59. The number of nitrogens with zero attached hydrogens (tertiary/aromatic N) is 1. The van der Waals surface area contributed by atoms with E-state index in [2.05, 4.69) is 0 Å². The number of hydrogen-bond donors (Lipinski definition) is 0. The molecule has 1 heterocycles. The first-order valence-electron chi connectivity index (χ1n) is 4.04. The van der Waals surface area contributed by atoms with E-state index in [1.165, 1.54) is 0 Å². The van der Waals surface area contributed by atoms with Crippen molar-refractivity contribution >= 4 is 6.29 Å². The van der Waals surface area contributed by atoms with Crippen LogP contribution in [0.25, 0.3) is 0 Å². The van der Waals surface area contributed by atoms with Crippen molar-refractivity contribution in [3.63, 3.8) is 0 Å². The van der Waals surface area contributed by atoms with E-state index in [1.54, 1.807) is 0 Å². The van der Waals surface area contributed by atoms with Crippen LogP contribution in [0.3, 0.4) is 0 Å². The third-order valence-corrected chi connectivity index (χ3v) is 2.59. The molecule has 4 heteroatoms. The quantitative estimate of drug-likeness (QED) is 0.590. The Hall–Kier alpha value is -0.510. The molecule has 1 aliphatic rings. The zero-order valence-corrected chi connectivity index (χ0v) is 7.09. The lowest BCUT2D eigenvalue weighted by atomic mass is 9.80. The Morgan fingerprint density at radius 1 is 1.42 bits per heavy atom. The molecule has 0 N–H and O–H groups in total. The van der Waals surface area contributed by atoms with Gasteiger partial charge in [-0.05, 0) is 33.0 Å². The van der Waals surface area contributed by atoms with E-state index in [4.69, 9.17) is 0 Å². The smallest absolute Gasteiger partial charge is 0.250 e. The average Bonchev–Trinajstić information content (AvgIpc) is 2.06. The maximum absolute atomic E-state index is 12.5. The zero-order chi connectivity index (χ0) is 9.19. The van der Waals surface area contributed by atoms with Crippen molar-refractivity contribution in [1.82, 2.24) is 4.90 Å². The van der Waals surface area contributed by atoms with Crippen molar-refractivity contribution in [3.05, 3.63) is 0 Å². The summed E-state index contributed by atoms with van der Waals surface area (Å²) in [7, 11) is 1.88. The molecule has 1 rings (SSSR count). The second kappa shape index (κ2) is 3.47. The van der Waals surface area contributed by atoms with Crippen molar-refractivity contribution in [2.75, 3.05) is 20.1 Å². The largest absolute Gasteiger partial charge is 0.306 e. The predicted octanol–water partition coefficient (Wildman–Crippen LogP) is 1.16. The Morgan fingerprint density at radius 2 is 1.92 bits per heavy atom. The molecule has 0 radical (unpaired) electrons. The molecule has 0 aliphatic carbocycles. The maximum Gasteiger partial charge on any atom is 0.250 e. The van der Waals surface area contributed by atoms with Gasteiger partial charge in [0.1, 0.15) is 6.29 Å². The number of carbonyl (C=O) groups excluding carboxylic acids is 1. The SMILES string of the molecule is CN1CCC(C=O)(C(F)F)CC1. The number of piperidine rings is 1. The first kappa shape index (κ1) is 9.58. The summed E-state index contributed by atoms with van der Waals surface area (Å²) in [4.78, 5) is 12.5. The Bertz CT molecular complexity index is 164. The average molecular weight is 177 g/mol. The Kier molecular flexibility index (Phi) is 2.77. The van der Waals surface area contributed by atoms with Crippen LogP contribution in [0.1, 0.15) is 12.8 Å². The summed E-state index contributed by atoms with van der Waals surface area (Å²) in [6, 6.07) is 0. The lowest BCUT2D eigenvalue weighted by Crippen LogP contribution is -2.43. The van der Waals surface area contributed by atoms with E-state index >= 15 is 0 Å². The van der Waals surface area contributed by atoms with Gasteiger partial charge in [0.05, 0.1) is 5.41 Å². The second-order valence-electron chi connectivity index (χ2n) is 3.45. The summed E-state index contributed by atoms with van der Waals surface area (Å²) in [6.07, 6.45) is -1.51. The highest BCUT2D eigenvalue weighted by Crippen LogP contribution is 2.34. The van der Waals surface area contributed by atoms with Crippen LogP contribution in [0.4, 0.5) is 8.78 Å². The Labute approximate surface area is 70.5 Å². The van der Waals surface area contributed by atoms with E-state index in [0.29, 0.717) is 19.4 Å². The minimum atomic E-state index is -2.51. The molecule has 2 nitrogen and oxygen atoms in total. The summed E-state index contributed by atoms with van der Waals surface area (Å²) in [5, 5.41) is 0. The van der Waals surface area contributed by atoms with Crippen LogP contribution in [0.2, 0.25) is 0 Å². The van der Waals surface area contributed by atoms with E-state index in [0.717, 1.165) is 0 Å². The highest BCUT2D eigenvalue weighted by atomic mass is 19.3. The van der Waals surface area contributed by atoms with Crippen molar-refractivity contribution in [1.29, 1.82) is 0 Å². The van der Waals surface area contributed by atoms with Crippen LogP contribution in [-0.4, -0.2) is 37.7 Å². The lowest BCUT2D eigenvalue weighted by Gasteiger charge is -2.35. The summed E-state index contributed by atoms with van der Waals surface area (Å²) >= 11 is 0. The standard InChI is InChI=1S/C8H13F2NO/c1-11-4-2-8(6-12,3-5-11)7(9)10/h6-7H,2-5H2,1H3. The molecular weight excluding hydrogens is 164 g/mol. The normalized spacial score (nSPS) is 24.3. The molecule has 0 atom stereocenters. The molecule has 0 bridgehead atoms. The van der Waals surface area contributed by atoms with Crippen LogP contribution in [-0.2, 0) is 4.79 Å². The van der Waals surface area contributed by atoms with Gasteiger partial charge in [0.2, 0.25) is 0 Å². The maximum atomic E-state index is 12.5. The topological polar surface area (TPSA) is 20.3 Å². The van der Waals surface area contributed by atoms with Crippen LogP contribution in [0.5, 0.6) is 0 Å². The Morgan fingerprint density at radius 3 is 2.25 bits per heavy atom. The number of alkyl halides is 2. The fraction of sp³-hybridized carbons (Fsp3) is 0.875.